The number of hydrogen-bond acceptors (Lipinski definition) is 6. The Bertz CT molecular complexity index is 987. The summed E-state index contributed by atoms with van der Waals surface area (Å²) in [5.41, 5.74) is 2.87. The molecule has 0 amide bonds. The van der Waals surface area contributed by atoms with E-state index in [-0.39, 0.29) is 5.97 Å². The molecule has 7 heteroatoms. The highest BCUT2D eigenvalue weighted by Crippen LogP contribution is 2.31. The van der Waals surface area contributed by atoms with Crippen LogP contribution in [0.15, 0.2) is 59.0 Å². The molecule has 0 aliphatic carbocycles. The molecule has 0 aliphatic heterocycles. The first-order valence-corrected chi connectivity index (χ1v) is 10.1. The third kappa shape index (κ3) is 4.77. The molecular weight excluding hydrogens is 394 g/mol. The van der Waals surface area contributed by atoms with E-state index in [0.29, 0.717) is 22.8 Å². The van der Waals surface area contributed by atoms with Gasteiger partial charge in [-0.15, -0.1) is 11.3 Å². The van der Waals surface area contributed by atoms with Gasteiger partial charge in [0.15, 0.2) is 0 Å². The van der Waals surface area contributed by atoms with Gasteiger partial charge < -0.3 is 4.74 Å². The summed E-state index contributed by atoms with van der Waals surface area (Å²) in [5.74, 6) is -0.346. The second-order valence-electron chi connectivity index (χ2n) is 5.99. The number of halogens is 1. The van der Waals surface area contributed by atoms with Crippen molar-refractivity contribution < 1.29 is 9.53 Å². The van der Waals surface area contributed by atoms with Crippen LogP contribution in [0.2, 0.25) is 5.02 Å². The Balaban J connectivity index is 1.77. The summed E-state index contributed by atoms with van der Waals surface area (Å²) in [6, 6.07) is 14.8. The zero-order valence-corrected chi connectivity index (χ0v) is 17.2. The smallest absolute Gasteiger partial charge is 0.338 e. The summed E-state index contributed by atoms with van der Waals surface area (Å²) in [7, 11) is 1.81. The van der Waals surface area contributed by atoms with Crippen LogP contribution < -0.4 is 5.01 Å². The van der Waals surface area contributed by atoms with Crippen LogP contribution in [-0.2, 0) is 4.74 Å². The molecule has 3 rings (SSSR count). The number of hydrazone groups is 1. The fraction of sp³-hybridized carbons (Fsp3) is 0.190. The fourth-order valence-electron chi connectivity index (χ4n) is 2.47. The number of aromatic nitrogens is 1. The van der Waals surface area contributed by atoms with Crippen LogP contribution in [0, 0.1) is 0 Å². The van der Waals surface area contributed by atoms with Gasteiger partial charge >= 0.3 is 5.97 Å². The van der Waals surface area contributed by atoms with Crippen molar-refractivity contribution in [3.05, 3.63) is 70.1 Å². The number of carbonyl (C=O) groups is 1. The number of thiazole rings is 1. The van der Waals surface area contributed by atoms with Gasteiger partial charge in [0, 0.05) is 28.6 Å². The van der Waals surface area contributed by atoms with E-state index in [2.05, 4.69) is 10.1 Å². The van der Waals surface area contributed by atoms with Crippen LogP contribution in [0.5, 0.6) is 0 Å². The van der Waals surface area contributed by atoms with Crippen molar-refractivity contribution in [2.24, 2.45) is 5.10 Å². The van der Waals surface area contributed by atoms with Gasteiger partial charge in [0.05, 0.1) is 24.1 Å². The molecule has 0 fully saturated rings. The van der Waals surface area contributed by atoms with Crippen LogP contribution in [0.25, 0.3) is 11.3 Å². The highest BCUT2D eigenvalue weighted by atomic mass is 35.5. The van der Waals surface area contributed by atoms with E-state index in [4.69, 9.17) is 16.3 Å². The second kappa shape index (κ2) is 9.48. The first-order chi connectivity index (χ1) is 13.6. The molecule has 3 aromatic rings. The lowest BCUT2D eigenvalue weighted by Crippen LogP contribution is -2.11. The van der Waals surface area contributed by atoms with Gasteiger partial charge in [0.1, 0.15) is 0 Å². The van der Waals surface area contributed by atoms with Gasteiger partial charge in [-0.2, -0.15) is 5.10 Å². The van der Waals surface area contributed by atoms with E-state index in [0.717, 1.165) is 22.8 Å². The number of carbonyl (C=O) groups excluding carboxylic acids is 1. The molecule has 0 saturated carbocycles. The summed E-state index contributed by atoms with van der Waals surface area (Å²) >= 11 is 7.72. The lowest BCUT2D eigenvalue weighted by Gasteiger charge is -2.09. The van der Waals surface area contributed by atoms with Crippen LogP contribution in [-0.4, -0.2) is 30.8 Å². The number of benzene rings is 2. The van der Waals surface area contributed by atoms with Crippen molar-refractivity contribution in [2.45, 2.75) is 13.3 Å². The molecular formula is C21H20ClN3O2S. The Morgan fingerprint density at radius 3 is 2.79 bits per heavy atom. The van der Waals surface area contributed by atoms with Crippen molar-refractivity contribution >= 4 is 40.3 Å². The SMILES string of the molecule is CCCOC(=O)c1ccccc1/C=N/N(C)c1nc(-c2ccccc2Cl)cs1. The van der Waals surface area contributed by atoms with Crippen LogP contribution in [0.4, 0.5) is 5.13 Å². The summed E-state index contributed by atoms with van der Waals surface area (Å²) in [5, 5.41) is 9.42. The number of rotatable bonds is 7. The topological polar surface area (TPSA) is 54.8 Å². The molecule has 0 spiro atoms. The molecule has 144 valence electrons. The maximum Gasteiger partial charge on any atom is 0.338 e. The quantitative estimate of drug-likeness (QED) is 0.291. The molecule has 28 heavy (non-hydrogen) atoms. The molecule has 1 aromatic heterocycles. The highest BCUT2D eigenvalue weighted by molar-refractivity contribution is 7.14. The standard InChI is InChI=1S/C21H20ClN3O2S/c1-3-12-27-20(26)16-9-5-4-8-15(16)13-23-25(2)21-24-19(14-28-21)17-10-6-7-11-18(17)22/h4-11,13-14H,3,12H2,1-2H3/b23-13+. The Labute approximate surface area is 173 Å². The molecule has 0 radical (unpaired) electrons. The Hall–Kier alpha value is -2.70. The Morgan fingerprint density at radius 1 is 1.25 bits per heavy atom. The summed E-state index contributed by atoms with van der Waals surface area (Å²) < 4.78 is 5.24. The molecule has 0 atom stereocenters. The van der Waals surface area contributed by atoms with Crippen molar-refractivity contribution in [1.82, 2.24) is 4.98 Å². The van der Waals surface area contributed by atoms with Crippen molar-refractivity contribution in [3.8, 4) is 11.3 Å². The first-order valence-electron chi connectivity index (χ1n) is 8.84. The maximum absolute atomic E-state index is 12.2. The monoisotopic (exact) mass is 413 g/mol. The fourth-order valence-corrected chi connectivity index (χ4v) is 3.45. The average molecular weight is 414 g/mol. The zero-order valence-electron chi connectivity index (χ0n) is 15.6. The molecule has 0 saturated heterocycles. The summed E-state index contributed by atoms with van der Waals surface area (Å²) in [6.45, 7) is 2.36. The largest absolute Gasteiger partial charge is 0.462 e. The normalized spacial score (nSPS) is 11.0. The molecule has 2 aromatic carbocycles. The minimum atomic E-state index is -0.346. The molecule has 0 N–H and O–H groups in total. The van der Waals surface area contributed by atoms with Crippen LogP contribution in [0.3, 0.4) is 0 Å². The number of ether oxygens (including phenoxy) is 1. The summed E-state index contributed by atoms with van der Waals surface area (Å²) in [4.78, 5) is 16.8. The third-order valence-corrected chi connectivity index (χ3v) is 5.14. The van der Waals surface area contributed by atoms with E-state index in [1.54, 1.807) is 23.4 Å². The summed E-state index contributed by atoms with van der Waals surface area (Å²) in [6.07, 6.45) is 2.42. The Morgan fingerprint density at radius 2 is 2.00 bits per heavy atom. The third-order valence-electron chi connectivity index (χ3n) is 3.91. The zero-order chi connectivity index (χ0) is 19.9. The second-order valence-corrected chi connectivity index (χ2v) is 7.23. The van der Waals surface area contributed by atoms with Gasteiger partial charge in [0.25, 0.3) is 0 Å². The minimum Gasteiger partial charge on any atom is -0.462 e. The van der Waals surface area contributed by atoms with Gasteiger partial charge in [0.2, 0.25) is 5.13 Å². The van der Waals surface area contributed by atoms with Crippen LogP contribution >= 0.6 is 22.9 Å². The van der Waals surface area contributed by atoms with E-state index in [9.17, 15) is 4.79 Å². The van der Waals surface area contributed by atoms with Crippen molar-refractivity contribution in [3.63, 3.8) is 0 Å². The molecule has 0 aliphatic rings. The number of nitrogens with zero attached hydrogens (tertiary/aromatic N) is 3. The van der Waals surface area contributed by atoms with Crippen LogP contribution in [0.1, 0.15) is 29.3 Å². The van der Waals surface area contributed by atoms with Gasteiger partial charge in [-0.25, -0.2) is 14.8 Å². The van der Waals surface area contributed by atoms with E-state index in [1.807, 2.05) is 55.7 Å². The number of anilines is 1. The van der Waals surface area contributed by atoms with E-state index >= 15 is 0 Å². The predicted molar refractivity (Wildman–Crippen MR) is 116 cm³/mol. The van der Waals surface area contributed by atoms with Gasteiger partial charge in [-0.05, 0) is 18.6 Å². The molecule has 0 unspecified atom stereocenters. The highest BCUT2D eigenvalue weighted by Gasteiger charge is 2.12. The molecule has 5 nitrogen and oxygen atoms in total. The lowest BCUT2D eigenvalue weighted by atomic mass is 10.1. The van der Waals surface area contributed by atoms with Crippen molar-refractivity contribution in [2.75, 3.05) is 18.7 Å². The minimum absolute atomic E-state index is 0.346. The first kappa shape index (κ1) is 20.0. The predicted octanol–water partition coefficient (Wildman–Crippen LogP) is 5.50. The number of hydrogen-bond donors (Lipinski definition) is 0. The molecule has 1 heterocycles. The van der Waals surface area contributed by atoms with Gasteiger partial charge in [-0.1, -0.05) is 54.9 Å². The maximum atomic E-state index is 12.2. The van der Waals surface area contributed by atoms with Crippen molar-refractivity contribution in [1.29, 1.82) is 0 Å². The molecule has 0 bridgehead atoms. The van der Waals surface area contributed by atoms with E-state index in [1.165, 1.54) is 11.3 Å². The lowest BCUT2D eigenvalue weighted by molar-refractivity contribution is 0.0505. The van der Waals surface area contributed by atoms with Gasteiger partial charge in [-0.3, -0.25) is 0 Å². The Kier molecular flexibility index (Phi) is 6.79. The number of esters is 1. The van der Waals surface area contributed by atoms with E-state index < -0.39 is 0 Å². The average Bonchev–Trinajstić information content (AvgIpc) is 3.21.